The maximum Gasteiger partial charge on any atom is 0.407 e. The van der Waals surface area contributed by atoms with Crippen molar-refractivity contribution in [3.8, 4) is 0 Å². The van der Waals surface area contributed by atoms with Crippen molar-refractivity contribution < 1.29 is 86.2 Å². The quantitative estimate of drug-likeness (QED) is 0.0327. The topological polar surface area (TPSA) is 244 Å². The number of carboxylic acid groups (broad SMARTS) is 2. The van der Waals surface area contributed by atoms with Crippen LogP contribution in [0.2, 0.25) is 0 Å². The lowest BCUT2D eigenvalue weighted by Gasteiger charge is -2.28. The number of rotatable bonds is 59. The number of unbranched alkanes of at least 4 members (excludes halogenated alkanes) is 15. The van der Waals surface area contributed by atoms with Crippen LogP contribution in [0, 0.1) is 5.41 Å². The monoisotopic (exact) mass is 1130 g/mol. The fourth-order valence-electron chi connectivity index (χ4n) is 7.41. The molecule has 4 N–H and O–H groups in total. The normalized spacial score (nSPS) is 12.0. The van der Waals surface area contributed by atoms with Gasteiger partial charge in [-0.1, -0.05) is 137 Å². The smallest absolute Gasteiger partial charge is 0.407 e. The Morgan fingerprint density at radius 2 is 0.615 bits per heavy atom. The highest BCUT2D eigenvalue weighted by Crippen LogP contribution is 2.33. The maximum atomic E-state index is 13.5. The number of carboxylic acids is 2. The molecular weight excluding hydrogens is 1010 g/mol. The van der Waals surface area contributed by atoms with Crippen molar-refractivity contribution in [2.24, 2.45) is 5.41 Å². The molecule has 0 aromatic carbocycles. The van der Waals surface area contributed by atoms with Gasteiger partial charge in [0, 0.05) is 19.5 Å². The SMILES string of the molecule is CC.CC.CCCCCCCCCCCC(CCCCCCCCCCC(=O)O)(C(=O)O)C(=O)NCCOCCOCCOCCOCCOCCOCCOCCOCCOCCOCCOCCNC(=O)OC(C)(C)C. The zero-order valence-corrected chi connectivity index (χ0v) is 50.5. The summed E-state index contributed by atoms with van der Waals surface area (Å²) < 4.78 is 65.9. The van der Waals surface area contributed by atoms with Gasteiger partial charge in [0.2, 0.25) is 5.91 Å². The van der Waals surface area contributed by atoms with Crippen LogP contribution < -0.4 is 10.6 Å². The molecule has 0 aliphatic rings. The molecule has 0 aliphatic carbocycles. The maximum absolute atomic E-state index is 13.5. The van der Waals surface area contributed by atoms with Gasteiger partial charge in [-0.3, -0.25) is 14.4 Å². The number of hydrogen-bond donors (Lipinski definition) is 4. The van der Waals surface area contributed by atoms with Crippen molar-refractivity contribution >= 4 is 23.9 Å². The van der Waals surface area contributed by atoms with Gasteiger partial charge in [-0.05, 0) is 40.0 Å². The van der Waals surface area contributed by atoms with Gasteiger partial charge in [-0.2, -0.15) is 0 Å². The summed E-state index contributed by atoms with van der Waals surface area (Å²) in [5.41, 5.74) is -1.97. The van der Waals surface area contributed by atoms with E-state index in [-0.39, 0.29) is 19.6 Å². The van der Waals surface area contributed by atoms with E-state index in [1.54, 1.807) is 0 Å². The number of hydrogen-bond acceptors (Lipinski definition) is 16. The second-order valence-electron chi connectivity index (χ2n) is 19.1. The van der Waals surface area contributed by atoms with E-state index in [0.717, 1.165) is 57.8 Å². The zero-order chi connectivity index (χ0) is 58.3. The minimum atomic E-state index is -1.45. The van der Waals surface area contributed by atoms with Crippen LogP contribution in [0.15, 0.2) is 0 Å². The van der Waals surface area contributed by atoms with Crippen molar-refractivity contribution in [2.45, 2.75) is 189 Å². The summed E-state index contributed by atoms with van der Waals surface area (Å²) in [6.45, 7) is 25.7. The van der Waals surface area contributed by atoms with Crippen molar-refractivity contribution in [1.82, 2.24) is 10.6 Å². The number of ether oxygens (including phenoxy) is 12. The summed E-state index contributed by atoms with van der Waals surface area (Å²) in [5.74, 6) is -2.23. The molecule has 1 unspecified atom stereocenters. The standard InChI is InChI=1S/C54H104N2O18.2C2H6/c1-5-6-7-8-9-11-14-17-20-23-54(51(60)61,24-21-18-15-12-10-13-16-19-22-49(57)58)50(59)55-25-27-63-29-31-65-33-35-67-37-39-69-41-43-71-45-47-73-48-46-72-44-42-70-40-38-68-36-34-66-32-30-64-28-26-56-52(62)74-53(2,3)4;2*1-2/h5-48H2,1-4H3,(H,55,59)(H,56,62)(H,57,58)(H,60,61);2*1-2H3. The van der Waals surface area contributed by atoms with Gasteiger partial charge in [-0.15, -0.1) is 0 Å². The largest absolute Gasteiger partial charge is 0.481 e. The first-order valence-electron chi connectivity index (χ1n) is 30.0. The molecule has 0 saturated heterocycles. The van der Waals surface area contributed by atoms with Crippen LogP contribution in [0.3, 0.4) is 0 Å². The van der Waals surface area contributed by atoms with E-state index in [9.17, 15) is 24.3 Å². The van der Waals surface area contributed by atoms with E-state index in [1.807, 2.05) is 48.5 Å². The van der Waals surface area contributed by atoms with Gasteiger partial charge >= 0.3 is 18.0 Å². The molecule has 0 heterocycles. The van der Waals surface area contributed by atoms with E-state index < -0.39 is 35.0 Å². The average Bonchev–Trinajstić information content (AvgIpc) is 3.41. The molecule has 0 fully saturated rings. The lowest BCUT2D eigenvalue weighted by atomic mass is 9.76. The lowest BCUT2D eigenvalue weighted by molar-refractivity contribution is -0.157. The molecule has 2 amide bonds. The van der Waals surface area contributed by atoms with E-state index in [1.165, 1.54) is 32.1 Å². The Hall–Kier alpha value is -2.76. The van der Waals surface area contributed by atoms with Crippen LogP contribution in [0.4, 0.5) is 4.79 Å². The molecule has 0 spiro atoms. The molecule has 0 aliphatic heterocycles. The molecule has 20 nitrogen and oxygen atoms in total. The summed E-state index contributed by atoms with van der Waals surface area (Å²) >= 11 is 0. The van der Waals surface area contributed by atoms with Gasteiger partial charge < -0.3 is 77.7 Å². The first-order chi connectivity index (χ1) is 37.9. The molecule has 0 radical (unpaired) electrons. The van der Waals surface area contributed by atoms with Crippen molar-refractivity contribution in [1.29, 1.82) is 0 Å². The summed E-state index contributed by atoms with van der Waals surface area (Å²) in [5, 5.41) is 24.7. The van der Waals surface area contributed by atoms with E-state index in [2.05, 4.69) is 17.6 Å². The molecule has 0 bridgehead atoms. The summed E-state index contributed by atoms with van der Waals surface area (Å²) in [6, 6.07) is 0. The van der Waals surface area contributed by atoms with Gasteiger partial charge in [0.1, 0.15) is 11.0 Å². The third kappa shape index (κ3) is 59.4. The van der Waals surface area contributed by atoms with E-state index in [4.69, 9.17) is 61.9 Å². The summed E-state index contributed by atoms with van der Waals surface area (Å²) in [6.07, 6.45) is 17.6. The first kappa shape index (κ1) is 79.5. The molecule has 0 aromatic rings. The van der Waals surface area contributed by atoms with Crippen molar-refractivity contribution in [3.63, 3.8) is 0 Å². The van der Waals surface area contributed by atoms with Crippen LogP contribution in [0.5, 0.6) is 0 Å². The minimum Gasteiger partial charge on any atom is -0.481 e. The van der Waals surface area contributed by atoms with Crippen LogP contribution in [0.1, 0.15) is 184 Å². The second-order valence-corrected chi connectivity index (χ2v) is 19.1. The number of carbonyl (C=O) groups is 4. The fourth-order valence-corrected chi connectivity index (χ4v) is 7.41. The molecule has 466 valence electrons. The Labute approximate surface area is 472 Å². The number of alkyl carbamates (subject to hydrolysis) is 1. The van der Waals surface area contributed by atoms with Gasteiger partial charge in [0.15, 0.2) is 0 Å². The molecule has 0 rings (SSSR count). The first-order valence-corrected chi connectivity index (χ1v) is 30.0. The predicted octanol–water partition coefficient (Wildman–Crippen LogP) is 9.84. The number of aliphatic carboxylic acids is 2. The highest BCUT2D eigenvalue weighted by atomic mass is 16.6. The third-order valence-electron chi connectivity index (χ3n) is 11.5. The Bertz CT molecular complexity index is 1280. The molecule has 0 saturated carbocycles. The van der Waals surface area contributed by atoms with Crippen LogP contribution in [0.25, 0.3) is 0 Å². The van der Waals surface area contributed by atoms with Gasteiger partial charge in [0.25, 0.3) is 0 Å². The van der Waals surface area contributed by atoms with Crippen molar-refractivity contribution in [2.75, 3.05) is 158 Å². The Kier molecular flexibility index (Phi) is 64.6. The number of nitrogens with one attached hydrogen (secondary N) is 2. The molecule has 20 heteroatoms. The summed E-state index contributed by atoms with van der Waals surface area (Å²) in [7, 11) is 0. The predicted molar refractivity (Wildman–Crippen MR) is 305 cm³/mol. The van der Waals surface area contributed by atoms with E-state index in [0.29, 0.717) is 177 Å². The highest BCUT2D eigenvalue weighted by Gasteiger charge is 2.44. The van der Waals surface area contributed by atoms with Gasteiger partial charge in [0.05, 0.1) is 145 Å². The summed E-state index contributed by atoms with van der Waals surface area (Å²) in [4.78, 5) is 48.5. The molecule has 1 atom stereocenters. The zero-order valence-electron chi connectivity index (χ0n) is 50.5. The van der Waals surface area contributed by atoms with Crippen LogP contribution in [-0.4, -0.2) is 198 Å². The Morgan fingerprint density at radius 1 is 0.359 bits per heavy atom. The van der Waals surface area contributed by atoms with Crippen molar-refractivity contribution in [3.05, 3.63) is 0 Å². The highest BCUT2D eigenvalue weighted by molar-refractivity contribution is 6.01. The third-order valence-corrected chi connectivity index (χ3v) is 11.5. The lowest BCUT2D eigenvalue weighted by Crippen LogP contribution is -2.47. The molecule has 0 aromatic heterocycles. The number of amides is 2. The number of carbonyl (C=O) groups excluding carboxylic acids is 2. The van der Waals surface area contributed by atoms with E-state index >= 15 is 0 Å². The Balaban J connectivity index is -0.0000137. The Morgan fingerprint density at radius 3 is 0.885 bits per heavy atom. The minimum absolute atomic E-state index is 0.213. The molecular formula is C58H116N2O18. The van der Waals surface area contributed by atoms with Crippen LogP contribution in [-0.2, 0) is 71.2 Å². The fraction of sp³-hybridized carbons (Fsp3) is 0.931. The molecule has 78 heavy (non-hydrogen) atoms. The average molecular weight is 1130 g/mol. The second kappa shape index (κ2) is 63.4. The van der Waals surface area contributed by atoms with Crippen LogP contribution >= 0.6 is 0 Å². The van der Waals surface area contributed by atoms with Gasteiger partial charge in [-0.25, -0.2) is 4.79 Å².